The summed E-state index contributed by atoms with van der Waals surface area (Å²) in [5.74, 6) is 0.959. The Morgan fingerprint density at radius 2 is 2.00 bits per heavy atom. The lowest BCUT2D eigenvalue weighted by Gasteiger charge is -2.52. The van der Waals surface area contributed by atoms with Gasteiger partial charge in [0.25, 0.3) is 0 Å². The van der Waals surface area contributed by atoms with Crippen LogP contribution >= 0.6 is 0 Å². The fourth-order valence-corrected chi connectivity index (χ4v) is 4.59. The predicted molar refractivity (Wildman–Crippen MR) is 82.9 cm³/mol. The monoisotopic (exact) mass is 280 g/mol. The molecule has 0 amide bonds. The third-order valence-electron chi connectivity index (χ3n) is 6.10. The van der Waals surface area contributed by atoms with Gasteiger partial charge in [0.2, 0.25) is 0 Å². The Labute approximate surface area is 124 Å². The molecule has 2 N–H and O–H groups in total. The van der Waals surface area contributed by atoms with Crippen LogP contribution in [0.15, 0.2) is 0 Å². The summed E-state index contributed by atoms with van der Waals surface area (Å²) in [6.07, 6.45) is 8.76. The van der Waals surface area contributed by atoms with Crippen LogP contribution in [0, 0.1) is 11.3 Å². The van der Waals surface area contributed by atoms with E-state index in [-0.39, 0.29) is 0 Å². The summed E-state index contributed by atoms with van der Waals surface area (Å²) in [5.41, 5.74) is 0.293. The van der Waals surface area contributed by atoms with E-state index in [0.717, 1.165) is 25.1 Å². The van der Waals surface area contributed by atoms with Gasteiger partial charge in [-0.2, -0.15) is 0 Å². The maximum Gasteiger partial charge on any atom is 0.0655 e. The minimum Gasteiger partial charge on any atom is -0.378 e. The predicted octanol–water partition coefficient (Wildman–Crippen LogP) is 2.70. The maximum atomic E-state index is 5.82. The van der Waals surface area contributed by atoms with E-state index < -0.39 is 0 Å². The van der Waals surface area contributed by atoms with Gasteiger partial charge in [0.05, 0.1) is 6.10 Å². The molecule has 3 heteroatoms. The number of fused-ring (bicyclic) bond motifs is 1. The van der Waals surface area contributed by atoms with Gasteiger partial charge in [-0.3, -0.25) is 0 Å². The standard InChI is InChI=1S/C17H32N2O/c1-4-20-16-10-15(17(16,2)3)18-11-13-9-12-7-5-6-8-14(12)19-13/h12-16,18-19H,4-11H2,1-3H3. The minimum atomic E-state index is 0.293. The van der Waals surface area contributed by atoms with Gasteiger partial charge in [-0.25, -0.2) is 0 Å². The number of nitrogens with one attached hydrogen (secondary N) is 2. The van der Waals surface area contributed by atoms with Crippen molar-refractivity contribution in [1.82, 2.24) is 10.6 Å². The van der Waals surface area contributed by atoms with Crippen LogP contribution < -0.4 is 10.6 Å². The van der Waals surface area contributed by atoms with E-state index in [4.69, 9.17) is 4.74 Å². The van der Waals surface area contributed by atoms with Crippen molar-refractivity contribution in [2.75, 3.05) is 13.2 Å². The summed E-state index contributed by atoms with van der Waals surface area (Å²) in [7, 11) is 0. The normalized spacial score (nSPS) is 43.0. The summed E-state index contributed by atoms with van der Waals surface area (Å²) in [5, 5.41) is 7.67. The van der Waals surface area contributed by atoms with Gasteiger partial charge in [-0.05, 0) is 38.5 Å². The molecule has 5 unspecified atom stereocenters. The number of rotatable bonds is 5. The van der Waals surface area contributed by atoms with Crippen LogP contribution in [0.1, 0.15) is 59.3 Å². The molecule has 3 fully saturated rings. The molecule has 5 atom stereocenters. The first-order valence-electron chi connectivity index (χ1n) is 8.72. The Kier molecular flexibility index (Phi) is 4.40. The van der Waals surface area contributed by atoms with E-state index in [1.54, 1.807) is 0 Å². The van der Waals surface area contributed by atoms with Gasteiger partial charge in [0.1, 0.15) is 0 Å². The molecule has 3 nitrogen and oxygen atoms in total. The largest absolute Gasteiger partial charge is 0.378 e. The fraction of sp³-hybridized carbons (Fsp3) is 1.00. The quantitative estimate of drug-likeness (QED) is 0.812. The molecule has 116 valence electrons. The van der Waals surface area contributed by atoms with Gasteiger partial charge in [-0.1, -0.05) is 26.7 Å². The SMILES string of the molecule is CCOC1CC(NCC2CC3CCCCC3N2)C1(C)C. The number of ether oxygens (including phenoxy) is 1. The molecule has 20 heavy (non-hydrogen) atoms. The zero-order chi connectivity index (χ0) is 14.2. The molecule has 0 radical (unpaired) electrons. The van der Waals surface area contributed by atoms with Crippen LogP contribution in [0.25, 0.3) is 0 Å². The van der Waals surface area contributed by atoms with Crippen LogP contribution in [0.3, 0.4) is 0 Å². The summed E-state index contributed by atoms with van der Waals surface area (Å²) in [6.45, 7) is 8.77. The second-order valence-electron chi connectivity index (χ2n) is 7.71. The molecule has 0 aromatic heterocycles. The molecule has 3 rings (SSSR count). The van der Waals surface area contributed by atoms with E-state index in [1.165, 1.54) is 38.5 Å². The van der Waals surface area contributed by atoms with Crippen LogP contribution in [-0.2, 0) is 4.74 Å². The lowest BCUT2D eigenvalue weighted by Crippen LogP contribution is -2.62. The topological polar surface area (TPSA) is 33.3 Å². The van der Waals surface area contributed by atoms with Gasteiger partial charge in [-0.15, -0.1) is 0 Å². The Hall–Kier alpha value is -0.120. The summed E-state index contributed by atoms with van der Waals surface area (Å²) >= 11 is 0. The summed E-state index contributed by atoms with van der Waals surface area (Å²) in [6, 6.07) is 2.15. The lowest BCUT2D eigenvalue weighted by molar-refractivity contribution is -0.114. The van der Waals surface area contributed by atoms with Crippen molar-refractivity contribution in [3.05, 3.63) is 0 Å². The zero-order valence-corrected chi connectivity index (χ0v) is 13.5. The van der Waals surface area contributed by atoms with E-state index in [2.05, 4.69) is 31.4 Å². The smallest absolute Gasteiger partial charge is 0.0655 e. The number of hydrogen-bond acceptors (Lipinski definition) is 3. The highest BCUT2D eigenvalue weighted by Crippen LogP contribution is 2.43. The molecular formula is C17H32N2O. The molecule has 3 aliphatic rings. The van der Waals surface area contributed by atoms with Crippen LogP contribution in [0.4, 0.5) is 0 Å². The summed E-state index contributed by atoms with van der Waals surface area (Å²) < 4.78 is 5.82. The summed E-state index contributed by atoms with van der Waals surface area (Å²) in [4.78, 5) is 0. The molecule has 2 saturated carbocycles. The highest BCUT2D eigenvalue weighted by molar-refractivity contribution is 5.04. The van der Waals surface area contributed by atoms with Crippen molar-refractivity contribution in [2.45, 2.75) is 83.5 Å². The molecule has 0 spiro atoms. The van der Waals surface area contributed by atoms with E-state index in [9.17, 15) is 0 Å². The van der Waals surface area contributed by atoms with Crippen LogP contribution in [0.5, 0.6) is 0 Å². The first kappa shape index (κ1) is 14.8. The third kappa shape index (κ3) is 2.77. The Morgan fingerprint density at radius 3 is 2.70 bits per heavy atom. The van der Waals surface area contributed by atoms with Crippen molar-refractivity contribution in [1.29, 1.82) is 0 Å². The van der Waals surface area contributed by atoms with E-state index >= 15 is 0 Å². The Morgan fingerprint density at radius 1 is 1.20 bits per heavy atom. The third-order valence-corrected chi connectivity index (χ3v) is 6.10. The van der Waals surface area contributed by atoms with Crippen molar-refractivity contribution in [2.24, 2.45) is 11.3 Å². The van der Waals surface area contributed by atoms with Gasteiger partial charge in [0.15, 0.2) is 0 Å². The van der Waals surface area contributed by atoms with Crippen LogP contribution in [-0.4, -0.2) is 37.4 Å². The van der Waals surface area contributed by atoms with E-state index in [0.29, 0.717) is 23.6 Å². The van der Waals surface area contributed by atoms with Crippen molar-refractivity contribution in [3.63, 3.8) is 0 Å². The van der Waals surface area contributed by atoms with Gasteiger partial charge in [0, 0.05) is 36.7 Å². The highest BCUT2D eigenvalue weighted by Gasteiger charge is 2.48. The lowest BCUT2D eigenvalue weighted by atomic mass is 9.64. The molecule has 0 bridgehead atoms. The fourth-order valence-electron chi connectivity index (χ4n) is 4.59. The molecule has 0 aromatic rings. The van der Waals surface area contributed by atoms with Crippen molar-refractivity contribution >= 4 is 0 Å². The minimum absolute atomic E-state index is 0.293. The Balaban J connectivity index is 1.42. The highest BCUT2D eigenvalue weighted by atomic mass is 16.5. The Bertz CT molecular complexity index is 317. The van der Waals surface area contributed by atoms with Crippen LogP contribution in [0.2, 0.25) is 0 Å². The molecule has 1 heterocycles. The second kappa shape index (κ2) is 5.94. The molecule has 0 aromatic carbocycles. The zero-order valence-electron chi connectivity index (χ0n) is 13.5. The molecule has 1 aliphatic heterocycles. The second-order valence-corrected chi connectivity index (χ2v) is 7.71. The average Bonchev–Trinajstić information content (AvgIpc) is 2.84. The van der Waals surface area contributed by atoms with E-state index in [1.807, 2.05) is 0 Å². The van der Waals surface area contributed by atoms with Crippen molar-refractivity contribution in [3.8, 4) is 0 Å². The molecule has 2 aliphatic carbocycles. The first-order valence-corrected chi connectivity index (χ1v) is 8.72. The molecule has 1 saturated heterocycles. The van der Waals surface area contributed by atoms with Crippen molar-refractivity contribution < 1.29 is 4.74 Å². The average molecular weight is 280 g/mol. The first-order chi connectivity index (χ1) is 9.61. The maximum absolute atomic E-state index is 5.82. The molecular weight excluding hydrogens is 248 g/mol. The van der Waals surface area contributed by atoms with Gasteiger partial charge >= 0.3 is 0 Å². The van der Waals surface area contributed by atoms with Gasteiger partial charge < -0.3 is 15.4 Å². The number of hydrogen-bond donors (Lipinski definition) is 2.